The Morgan fingerprint density at radius 1 is 1.24 bits per heavy atom. The lowest BCUT2D eigenvalue weighted by molar-refractivity contribution is -0.0100. The minimum Gasteiger partial charge on any atom is -0.330 e. The average Bonchev–Trinajstić information content (AvgIpc) is 3.03. The van der Waals surface area contributed by atoms with E-state index in [1.54, 1.807) is 6.20 Å². The van der Waals surface area contributed by atoms with Crippen molar-refractivity contribution in [1.82, 2.24) is 29.8 Å². The van der Waals surface area contributed by atoms with Crippen LogP contribution in [0.15, 0.2) is 12.3 Å². The van der Waals surface area contributed by atoms with Crippen LogP contribution in [-0.4, -0.2) is 82.9 Å². The lowest BCUT2D eigenvalue weighted by Crippen LogP contribution is -2.66. The third kappa shape index (κ3) is 3.67. The van der Waals surface area contributed by atoms with E-state index >= 15 is 0 Å². The smallest absolute Gasteiger partial charge is 0.318 e. The Labute approximate surface area is 150 Å². The fourth-order valence-electron chi connectivity index (χ4n) is 4.16. The second-order valence-corrected chi connectivity index (χ2v) is 7.66. The average molecular weight is 348 g/mol. The maximum Gasteiger partial charge on any atom is 0.318 e. The zero-order valence-electron chi connectivity index (χ0n) is 16.0. The van der Waals surface area contributed by atoms with Crippen molar-refractivity contribution in [3.8, 4) is 0 Å². The zero-order valence-corrected chi connectivity index (χ0v) is 16.0. The number of aromatic nitrogens is 2. The molecule has 25 heavy (non-hydrogen) atoms. The Morgan fingerprint density at radius 3 is 2.56 bits per heavy atom. The van der Waals surface area contributed by atoms with Gasteiger partial charge in [-0.15, -0.1) is 0 Å². The number of hydrogen-bond donors (Lipinski definition) is 1. The molecular weight excluding hydrogens is 316 g/mol. The summed E-state index contributed by atoms with van der Waals surface area (Å²) in [4.78, 5) is 19.8. The van der Waals surface area contributed by atoms with Crippen molar-refractivity contribution in [2.45, 2.75) is 37.8 Å². The lowest BCUT2D eigenvalue weighted by atomic mass is 9.84. The number of nitrogens with zero attached hydrogens (tertiary/aromatic N) is 5. The van der Waals surface area contributed by atoms with Gasteiger partial charge in [0.1, 0.15) is 0 Å². The molecule has 0 radical (unpaired) electrons. The molecule has 0 aliphatic carbocycles. The highest BCUT2D eigenvalue weighted by Gasteiger charge is 2.42. The van der Waals surface area contributed by atoms with E-state index in [-0.39, 0.29) is 17.6 Å². The first kappa shape index (κ1) is 18.2. The molecule has 1 aromatic rings. The molecule has 0 unspecified atom stereocenters. The number of carbonyl (C=O) groups is 1. The maximum absolute atomic E-state index is 12.9. The van der Waals surface area contributed by atoms with Gasteiger partial charge in [0.2, 0.25) is 0 Å². The van der Waals surface area contributed by atoms with E-state index < -0.39 is 0 Å². The number of aryl methyl sites for hydroxylation is 1. The van der Waals surface area contributed by atoms with Crippen LogP contribution in [0.1, 0.15) is 37.9 Å². The van der Waals surface area contributed by atoms with Gasteiger partial charge in [-0.25, -0.2) is 4.79 Å². The number of rotatable bonds is 3. The highest BCUT2D eigenvalue weighted by Crippen LogP contribution is 2.31. The van der Waals surface area contributed by atoms with E-state index in [2.05, 4.69) is 41.2 Å². The first-order chi connectivity index (χ1) is 11.9. The molecule has 2 saturated heterocycles. The maximum atomic E-state index is 12.9. The van der Waals surface area contributed by atoms with Crippen molar-refractivity contribution in [2.75, 3.05) is 46.8 Å². The Morgan fingerprint density at radius 2 is 1.96 bits per heavy atom. The third-order valence-electron chi connectivity index (χ3n) is 6.13. The molecular formula is C18H32N6O. The van der Waals surface area contributed by atoms with Crippen molar-refractivity contribution < 1.29 is 4.79 Å². The Hall–Kier alpha value is -1.60. The summed E-state index contributed by atoms with van der Waals surface area (Å²) in [5.74, 6) is 0. The van der Waals surface area contributed by atoms with Crippen LogP contribution >= 0.6 is 0 Å². The second-order valence-electron chi connectivity index (χ2n) is 7.66. The zero-order chi connectivity index (χ0) is 18.0. The van der Waals surface area contributed by atoms with Crippen molar-refractivity contribution in [1.29, 1.82) is 0 Å². The van der Waals surface area contributed by atoms with Gasteiger partial charge in [0, 0.05) is 38.4 Å². The van der Waals surface area contributed by atoms with Gasteiger partial charge in [-0.1, -0.05) is 6.92 Å². The van der Waals surface area contributed by atoms with Crippen molar-refractivity contribution in [2.24, 2.45) is 7.05 Å². The van der Waals surface area contributed by atoms with Gasteiger partial charge >= 0.3 is 6.03 Å². The van der Waals surface area contributed by atoms with Crippen LogP contribution in [0.25, 0.3) is 0 Å². The number of nitrogens with one attached hydrogen (secondary N) is 1. The van der Waals surface area contributed by atoms with Gasteiger partial charge < -0.3 is 15.1 Å². The summed E-state index contributed by atoms with van der Waals surface area (Å²) >= 11 is 0. The molecule has 3 rings (SSSR count). The van der Waals surface area contributed by atoms with Crippen molar-refractivity contribution in [3.05, 3.63) is 18.0 Å². The normalized spacial score (nSPS) is 23.0. The minimum atomic E-state index is 0.00750. The number of piperazine rings is 1. The van der Waals surface area contributed by atoms with E-state index in [1.165, 1.54) is 0 Å². The SMILES string of the molecule is CC[C@H](NC(=O)N1CCN(C)C2(CCN(C)CC2)C1)c1ccnn1C. The summed E-state index contributed by atoms with van der Waals surface area (Å²) in [6.45, 7) is 6.87. The molecule has 1 aromatic heterocycles. The topological polar surface area (TPSA) is 56.6 Å². The largest absolute Gasteiger partial charge is 0.330 e. The molecule has 3 heterocycles. The summed E-state index contributed by atoms with van der Waals surface area (Å²) in [5.41, 5.74) is 1.19. The Balaban J connectivity index is 1.67. The molecule has 7 heteroatoms. The molecule has 7 nitrogen and oxygen atoms in total. The van der Waals surface area contributed by atoms with Gasteiger partial charge in [-0.2, -0.15) is 5.10 Å². The summed E-state index contributed by atoms with van der Waals surface area (Å²) < 4.78 is 1.84. The number of hydrogen-bond acceptors (Lipinski definition) is 4. The van der Waals surface area contributed by atoms with Crippen LogP contribution in [0, 0.1) is 0 Å². The minimum absolute atomic E-state index is 0.00750. The van der Waals surface area contributed by atoms with Crippen LogP contribution in [-0.2, 0) is 7.05 Å². The highest BCUT2D eigenvalue weighted by atomic mass is 16.2. The summed E-state index contributed by atoms with van der Waals surface area (Å²) in [7, 11) is 6.32. The van der Waals surface area contributed by atoms with Gasteiger partial charge in [-0.3, -0.25) is 9.58 Å². The molecule has 2 fully saturated rings. The molecule has 2 amide bonds. The highest BCUT2D eigenvalue weighted by molar-refractivity contribution is 5.75. The van der Waals surface area contributed by atoms with Crippen molar-refractivity contribution >= 4 is 6.03 Å². The standard InChI is InChI=1S/C18H32N6O/c1-5-15(16-6-9-19-23(16)4)20-17(25)24-13-12-22(3)18(14-24)7-10-21(2)11-8-18/h6,9,15H,5,7-8,10-14H2,1-4H3,(H,20,25)/t15-/m0/s1. The Bertz CT molecular complexity index is 592. The summed E-state index contributed by atoms with van der Waals surface area (Å²) in [6.07, 6.45) is 4.90. The number of likely N-dealkylation sites (N-methyl/N-ethyl adjacent to an activating group) is 1. The number of carbonyl (C=O) groups excluding carboxylic acids is 1. The summed E-state index contributed by atoms with van der Waals surface area (Å²) in [6, 6.07) is 2.05. The molecule has 140 valence electrons. The van der Waals surface area contributed by atoms with Crippen LogP contribution in [0.5, 0.6) is 0 Å². The van der Waals surface area contributed by atoms with Gasteiger partial charge in [-0.05, 0) is 52.5 Å². The predicted molar refractivity (Wildman–Crippen MR) is 98.4 cm³/mol. The van der Waals surface area contributed by atoms with Crippen molar-refractivity contribution in [3.63, 3.8) is 0 Å². The van der Waals surface area contributed by atoms with E-state index in [4.69, 9.17) is 0 Å². The van der Waals surface area contributed by atoms with Crippen LogP contribution in [0.4, 0.5) is 4.79 Å². The Kier molecular flexibility index (Phi) is 5.34. The number of piperidine rings is 1. The number of urea groups is 1. The fraction of sp³-hybridized carbons (Fsp3) is 0.778. The molecule has 2 aliphatic heterocycles. The third-order valence-corrected chi connectivity index (χ3v) is 6.13. The lowest BCUT2D eigenvalue weighted by Gasteiger charge is -2.52. The molecule has 2 aliphatic rings. The molecule has 0 aromatic carbocycles. The van der Waals surface area contributed by atoms with Gasteiger partial charge in [0.15, 0.2) is 0 Å². The van der Waals surface area contributed by atoms with E-state index in [0.29, 0.717) is 0 Å². The van der Waals surface area contributed by atoms with Gasteiger partial charge in [0.05, 0.1) is 11.7 Å². The molecule has 0 saturated carbocycles. The quantitative estimate of drug-likeness (QED) is 0.894. The molecule has 1 atom stereocenters. The van der Waals surface area contributed by atoms with Gasteiger partial charge in [0.25, 0.3) is 0 Å². The number of amides is 2. The first-order valence-corrected chi connectivity index (χ1v) is 9.38. The summed E-state index contributed by atoms with van der Waals surface area (Å²) in [5, 5.41) is 7.45. The molecule has 0 bridgehead atoms. The van der Waals surface area contributed by atoms with E-state index in [1.807, 2.05) is 22.7 Å². The first-order valence-electron chi connectivity index (χ1n) is 9.38. The van der Waals surface area contributed by atoms with E-state index in [9.17, 15) is 4.79 Å². The number of likely N-dealkylation sites (tertiary alicyclic amines) is 1. The monoisotopic (exact) mass is 348 g/mol. The van der Waals surface area contributed by atoms with Crippen LogP contribution in [0.2, 0.25) is 0 Å². The van der Waals surface area contributed by atoms with Crippen LogP contribution in [0.3, 0.4) is 0 Å². The molecule has 1 N–H and O–H groups in total. The molecule has 1 spiro atoms. The second kappa shape index (κ2) is 7.33. The van der Waals surface area contributed by atoms with E-state index in [0.717, 1.165) is 57.7 Å². The fourth-order valence-corrected chi connectivity index (χ4v) is 4.16. The predicted octanol–water partition coefficient (Wildman–Crippen LogP) is 1.29. The van der Waals surface area contributed by atoms with Crippen LogP contribution < -0.4 is 5.32 Å².